The van der Waals surface area contributed by atoms with Gasteiger partial charge in [0.15, 0.2) is 0 Å². The van der Waals surface area contributed by atoms with E-state index in [0.29, 0.717) is 0 Å². The molecule has 3 fully saturated rings. The zero-order chi connectivity index (χ0) is 14.9. The number of rotatable bonds is 3. The van der Waals surface area contributed by atoms with Crippen molar-refractivity contribution in [2.24, 2.45) is 0 Å². The largest absolute Gasteiger partial charge is 0.325 e. The van der Waals surface area contributed by atoms with Crippen LogP contribution < -0.4 is 10.6 Å². The number of urea groups is 1. The number of amides is 3. The maximum absolute atomic E-state index is 12.9. The average Bonchev–Trinajstić information content (AvgIpc) is 2.74. The number of piperidine rings is 2. The maximum Gasteiger partial charge on any atom is 0.325 e. The van der Waals surface area contributed by atoms with E-state index in [0.717, 1.165) is 64.8 Å². The second-order valence-corrected chi connectivity index (χ2v) is 6.51. The highest BCUT2D eigenvalue weighted by Crippen LogP contribution is 2.32. The summed E-state index contributed by atoms with van der Waals surface area (Å²) in [6.45, 7) is 6.83. The summed E-state index contributed by atoms with van der Waals surface area (Å²) in [5, 5.41) is 6.30. The quantitative estimate of drug-likeness (QED) is 0.740. The lowest BCUT2D eigenvalue weighted by Crippen LogP contribution is -2.55. The molecule has 3 aliphatic heterocycles. The molecule has 0 bridgehead atoms. The molecule has 0 atom stereocenters. The van der Waals surface area contributed by atoms with Crippen LogP contribution in [0.25, 0.3) is 0 Å². The molecule has 1 spiro atoms. The number of imide groups is 1. The summed E-state index contributed by atoms with van der Waals surface area (Å²) < 4.78 is 0. The number of nitrogens with zero attached hydrogens (tertiary/aromatic N) is 2. The van der Waals surface area contributed by atoms with E-state index < -0.39 is 5.54 Å². The summed E-state index contributed by atoms with van der Waals surface area (Å²) in [5.41, 5.74) is -0.619. The van der Waals surface area contributed by atoms with E-state index in [9.17, 15) is 9.59 Å². The Labute approximate surface area is 150 Å². The molecule has 0 aromatic carbocycles. The second kappa shape index (κ2) is 8.51. The molecule has 3 saturated heterocycles. The summed E-state index contributed by atoms with van der Waals surface area (Å²) in [6.07, 6.45) is 4.38. The Morgan fingerprint density at radius 3 is 2.30 bits per heavy atom. The number of carbonyl (C=O) groups excluding carboxylic acids is 2. The molecule has 0 radical (unpaired) electrons. The number of carbonyl (C=O) groups is 2. The molecule has 0 unspecified atom stereocenters. The lowest BCUT2D eigenvalue weighted by atomic mass is 9.87. The van der Waals surface area contributed by atoms with Gasteiger partial charge in [-0.2, -0.15) is 0 Å². The average molecular weight is 367 g/mol. The molecular formula is C15H28Cl2N4O2. The van der Waals surface area contributed by atoms with E-state index in [4.69, 9.17) is 0 Å². The Hall–Kier alpha value is -0.560. The van der Waals surface area contributed by atoms with Crippen LogP contribution in [0.2, 0.25) is 0 Å². The first-order valence-corrected chi connectivity index (χ1v) is 8.25. The van der Waals surface area contributed by atoms with Gasteiger partial charge in [0.2, 0.25) is 0 Å². The third kappa shape index (κ3) is 3.92. The third-order valence-corrected chi connectivity index (χ3v) is 5.12. The van der Waals surface area contributed by atoms with Gasteiger partial charge in [-0.25, -0.2) is 4.79 Å². The molecule has 3 amide bonds. The molecule has 0 aromatic rings. The van der Waals surface area contributed by atoms with Crippen LogP contribution in [0, 0.1) is 0 Å². The zero-order valence-electron chi connectivity index (χ0n) is 13.7. The maximum atomic E-state index is 12.9. The number of halogens is 2. The van der Waals surface area contributed by atoms with E-state index in [1.165, 1.54) is 4.90 Å². The van der Waals surface area contributed by atoms with E-state index in [1.54, 1.807) is 0 Å². The zero-order valence-corrected chi connectivity index (χ0v) is 15.3. The Kier molecular flexibility index (Phi) is 7.58. The van der Waals surface area contributed by atoms with Crippen molar-refractivity contribution in [2.45, 2.75) is 50.6 Å². The minimum Gasteiger partial charge on any atom is -0.323 e. The summed E-state index contributed by atoms with van der Waals surface area (Å²) >= 11 is 0. The van der Waals surface area contributed by atoms with Crippen molar-refractivity contribution in [2.75, 3.05) is 32.7 Å². The van der Waals surface area contributed by atoms with Gasteiger partial charge in [0.1, 0.15) is 5.54 Å². The lowest BCUT2D eigenvalue weighted by Gasteiger charge is -2.37. The first-order valence-electron chi connectivity index (χ1n) is 8.25. The Bertz CT molecular complexity index is 422. The van der Waals surface area contributed by atoms with Gasteiger partial charge in [0, 0.05) is 19.1 Å². The summed E-state index contributed by atoms with van der Waals surface area (Å²) in [5.74, 6) is 0.0237. The summed E-state index contributed by atoms with van der Waals surface area (Å²) in [4.78, 5) is 29.1. The van der Waals surface area contributed by atoms with Crippen molar-refractivity contribution >= 4 is 36.8 Å². The van der Waals surface area contributed by atoms with Gasteiger partial charge in [0.25, 0.3) is 5.91 Å². The fourth-order valence-corrected chi connectivity index (χ4v) is 3.85. The van der Waals surface area contributed by atoms with Crippen LogP contribution in [0.4, 0.5) is 4.79 Å². The molecule has 3 heterocycles. The van der Waals surface area contributed by atoms with E-state index in [-0.39, 0.29) is 42.8 Å². The van der Waals surface area contributed by atoms with Gasteiger partial charge in [0.05, 0.1) is 0 Å². The molecule has 3 aliphatic rings. The van der Waals surface area contributed by atoms with Crippen LogP contribution in [-0.4, -0.2) is 66.0 Å². The van der Waals surface area contributed by atoms with Crippen LogP contribution in [0.5, 0.6) is 0 Å². The highest BCUT2D eigenvalue weighted by molar-refractivity contribution is 6.07. The summed E-state index contributed by atoms with van der Waals surface area (Å²) in [6, 6.07) is -0.0948. The molecular weight excluding hydrogens is 339 g/mol. The SMILES string of the molecule is CCCN1CCC2(CC1)NC(=O)N(C1CCNCC1)C2=O.Cl.Cl. The summed E-state index contributed by atoms with van der Waals surface area (Å²) in [7, 11) is 0. The standard InChI is InChI=1S/C15H26N4O2.2ClH/c1-2-9-18-10-5-15(6-11-18)13(20)19(14(21)17-15)12-3-7-16-8-4-12;;/h12,16H,2-11H2,1H3,(H,17,21);2*1H. The molecule has 134 valence electrons. The smallest absolute Gasteiger partial charge is 0.323 e. The number of hydrogen-bond donors (Lipinski definition) is 2. The van der Waals surface area contributed by atoms with Crippen LogP contribution in [0.3, 0.4) is 0 Å². The molecule has 3 rings (SSSR count). The van der Waals surface area contributed by atoms with E-state index in [2.05, 4.69) is 22.5 Å². The van der Waals surface area contributed by atoms with Crippen LogP contribution in [-0.2, 0) is 4.79 Å². The lowest BCUT2D eigenvalue weighted by molar-refractivity contribution is -0.134. The van der Waals surface area contributed by atoms with Crippen molar-refractivity contribution in [1.82, 2.24) is 20.4 Å². The van der Waals surface area contributed by atoms with E-state index in [1.807, 2.05) is 0 Å². The van der Waals surface area contributed by atoms with Crippen LogP contribution >= 0.6 is 24.8 Å². The fourth-order valence-electron chi connectivity index (χ4n) is 3.85. The van der Waals surface area contributed by atoms with Gasteiger partial charge in [-0.05, 0) is 51.7 Å². The first-order chi connectivity index (χ1) is 10.2. The Morgan fingerprint density at radius 2 is 1.74 bits per heavy atom. The number of hydrogen-bond acceptors (Lipinski definition) is 4. The molecule has 0 saturated carbocycles. The van der Waals surface area contributed by atoms with Crippen molar-refractivity contribution in [3.63, 3.8) is 0 Å². The molecule has 0 aromatic heterocycles. The van der Waals surface area contributed by atoms with Crippen molar-refractivity contribution in [3.8, 4) is 0 Å². The van der Waals surface area contributed by atoms with Crippen molar-refractivity contribution in [1.29, 1.82) is 0 Å². The van der Waals surface area contributed by atoms with Crippen molar-refractivity contribution < 1.29 is 9.59 Å². The predicted molar refractivity (Wildman–Crippen MR) is 94.5 cm³/mol. The first kappa shape index (κ1) is 20.5. The topological polar surface area (TPSA) is 64.7 Å². The Morgan fingerprint density at radius 1 is 1.13 bits per heavy atom. The van der Waals surface area contributed by atoms with Crippen LogP contribution in [0.15, 0.2) is 0 Å². The Balaban J connectivity index is 0.00000132. The third-order valence-electron chi connectivity index (χ3n) is 5.12. The minimum atomic E-state index is -0.619. The number of likely N-dealkylation sites (tertiary alicyclic amines) is 1. The van der Waals surface area contributed by atoms with Gasteiger partial charge in [-0.15, -0.1) is 24.8 Å². The highest BCUT2D eigenvalue weighted by Gasteiger charge is 2.53. The monoisotopic (exact) mass is 366 g/mol. The molecule has 23 heavy (non-hydrogen) atoms. The normalized spacial score (nSPS) is 25.0. The molecule has 6 nitrogen and oxygen atoms in total. The molecule has 2 N–H and O–H groups in total. The minimum absolute atomic E-state index is 0. The van der Waals surface area contributed by atoms with Gasteiger partial charge in [-0.1, -0.05) is 6.92 Å². The molecule has 0 aliphatic carbocycles. The van der Waals surface area contributed by atoms with Gasteiger partial charge in [-0.3, -0.25) is 9.69 Å². The highest BCUT2D eigenvalue weighted by atomic mass is 35.5. The van der Waals surface area contributed by atoms with Gasteiger partial charge >= 0.3 is 6.03 Å². The predicted octanol–water partition coefficient (Wildman–Crippen LogP) is 1.38. The van der Waals surface area contributed by atoms with Crippen molar-refractivity contribution in [3.05, 3.63) is 0 Å². The molecule has 8 heteroatoms. The van der Waals surface area contributed by atoms with E-state index >= 15 is 0 Å². The number of nitrogens with one attached hydrogen (secondary N) is 2. The fraction of sp³-hybridized carbons (Fsp3) is 0.867. The van der Waals surface area contributed by atoms with Crippen LogP contribution in [0.1, 0.15) is 39.0 Å². The van der Waals surface area contributed by atoms with Gasteiger partial charge < -0.3 is 15.5 Å². The second-order valence-electron chi connectivity index (χ2n) is 6.51.